The van der Waals surface area contributed by atoms with Crippen LogP contribution >= 0.6 is 11.8 Å². The van der Waals surface area contributed by atoms with Gasteiger partial charge in [0.2, 0.25) is 5.91 Å². The lowest BCUT2D eigenvalue weighted by Gasteiger charge is -2.17. The van der Waals surface area contributed by atoms with Crippen LogP contribution in [-0.4, -0.2) is 25.3 Å². The third kappa shape index (κ3) is 4.10. The van der Waals surface area contributed by atoms with E-state index >= 15 is 0 Å². The minimum absolute atomic E-state index is 0.0753. The molecule has 0 spiro atoms. The maximum atomic E-state index is 13.3. The van der Waals surface area contributed by atoms with Crippen molar-refractivity contribution >= 4 is 56.1 Å². The molecule has 0 aliphatic rings. The number of hydrogen-bond acceptors (Lipinski definition) is 4. The van der Waals surface area contributed by atoms with Crippen molar-refractivity contribution in [2.45, 2.75) is 50.7 Å². The molecule has 1 N–H and O–H groups in total. The van der Waals surface area contributed by atoms with Gasteiger partial charge in [-0.3, -0.25) is 14.2 Å². The second-order valence-corrected chi connectivity index (χ2v) is 9.63. The van der Waals surface area contributed by atoms with Crippen molar-refractivity contribution in [2.24, 2.45) is 0 Å². The molecule has 0 saturated heterocycles. The molecule has 0 aliphatic heterocycles. The molecular weight excluding hydrogens is 456 g/mol. The summed E-state index contributed by atoms with van der Waals surface area (Å²) in [6, 6.07) is 21.8. The van der Waals surface area contributed by atoms with Gasteiger partial charge in [-0.05, 0) is 56.7 Å². The minimum Gasteiger partial charge on any atom is -0.341 e. The van der Waals surface area contributed by atoms with Crippen LogP contribution in [0.1, 0.15) is 27.2 Å². The van der Waals surface area contributed by atoms with E-state index in [0.717, 1.165) is 23.1 Å². The van der Waals surface area contributed by atoms with Crippen LogP contribution < -0.4 is 10.9 Å². The van der Waals surface area contributed by atoms with Gasteiger partial charge in [-0.1, -0.05) is 49.0 Å². The number of benzene rings is 3. The number of anilines is 1. The number of fused-ring (bicyclic) bond motifs is 4. The first-order chi connectivity index (χ1) is 17.0. The van der Waals surface area contributed by atoms with Gasteiger partial charge in [-0.2, -0.15) is 0 Å². The summed E-state index contributed by atoms with van der Waals surface area (Å²) in [6.07, 6.45) is 0.611. The molecule has 0 fully saturated rings. The van der Waals surface area contributed by atoms with Crippen LogP contribution in [0.5, 0.6) is 0 Å². The van der Waals surface area contributed by atoms with Crippen molar-refractivity contribution in [3.63, 3.8) is 0 Å². The summed E-state index contributed by atoms with van der Waals surface area (Å²) in [5.41, 5.74) is 3.68. The largest absolute Gasteiger partial charge is 0.341 e. The monoisotopic (exact) mass is 484 g/mol. The molecule has 1 unspecified atom stereocenters. The Morgan fingerprint density at radius 1 is 0.886 bits per heavy atom. The Kier molecular flexibility index (Phi) is 6.34. The Hall–Kier alpha value is -3.58. The summed E-state index contributed by atoms with van der Waals surface area (Å²) < 4.78 is 3.94. The van der Waals surface area contributed by atoms with Crippen molar-refractivity contribution in [1.82, 2.24) is 14.1 Å². The number of rotatable bonds is 7. The van der Waals surface area contributed by atoms with Gasteiger partial charge in [0.25, 0.3) is 5.56 Å². The molecule has 35 heavy (non-hydrogen) atoms. The molecule has 0 aliphatic carbocycles. The Morgan fingerprint density at radius 3 is 2.31 bits per heavy atom. The Balaban J connectivity index is 1.45. The minimum atomic E-state index is -0.381. The molecule has 1 amide bonds. The fourth-order valence-corrected chi connectivity index (χ4v) is 5.74. The maximum Gasteiger partial charge on any atom is 0.262 e. The van der Waals surface area contributed by atoms with Crippen molar-refractivity contribution in [3.8, 4) is 0 Å². The molecular formula is C28H28N4O2S. The number of aromatic nitrogens is 3. The highest BCUT2D eigenvalue weighted by Gasteiger charge is 2.22. The molecule has 5 aromatic rings. The van der Waals surface area contributed by atoms with Gasteiger partial charge in [0, 0.05) is 40.6 Å². The van der Waals surface area contributed by atoms with E-state index in [0.29, 0.717) is 29.0 Å². The molecule has 7 heteroatoms. The quantitative estimate of drug-likeness (QED) is 0.225. The molecule has 6 nitrogen and oxygen atoms in total. The van der Waals surface area contributed by atoms with Crippen LogP contribution in [0, 0.1) is 0 Å². The highest BCUT2D eigenvalue weighted by Crippen LogP contribution is 2.32. The van der Waals surface area contributed by atoms with Crippen LogP contribution in [0.2, 0.25) is 0 Å². The zero-order valence-electron chi connectivity index (χ0n) is 20.1. The molecule has 178 valence electrons. The van der Waals surface area contributed by atoms with Crippen LogP contribution in [-0.2, 0) is 17.9 Å². The SMILES string of the molecule is CCC(Sc1nc2ccccc2c(=O)n1CC)C(=O)Nc1ccc2c(c1)c1ccccc1n2CC. The topological polar surface area (TPSA) is 68.9 Å². The second kappa shape index (κ2) is 9.58. The van der Waals surface area contributed by atoms with Gasteiger partial charge < -0.3 is 9.88 Å². The fourth-order valence-electron chi connectivity index (χ4n) is 4.66. The lowest BCUT2D eigenvalue weighted by Crippen LogP contribution is -2.28. The summed E-state index contributed by atoms with van der Waals surface area (Å²) in [5, 5.41) is 6.18. The van der Waals surface area contributed by atoms with E-state index in [1.807, 2.05) is 44.2 Å². The zero-order valence-corrected chi connectivity index (χ0v) is 20.9. The summed E-state index contributed by atoms with van der Waals surface area (Å²) in [4.78, 5) is 31.0. The van der Waals surface area contributed by atoms with Crippen molar-refractivity contribution in [1.29, 1.82) is 0 Å². The third-order valence-corrected chi connectivity index (χ3v) is 7.76. The van der Waals surface area contributed by atoms with Gasteiger partial charge in [0.05, 0.1) is 16.2 Å². The predicted octanol–water partition coefficient (Wildman–Crippen LogP) is 6.05. The van der Waals surface area contributed by atoms with Crippen molar-refractivity contribution in [3.05, 3.63) is 77.1 Å². The fraction of sp³-hybridized carbons (Fsp3) is 0.250. The number of nitrogens with one attached hydrogen (secondary N) is 1. The summed E-state index contributed by atoms with van der Waals surface area (Å²) >= 11 is 1.35. The van der Waals surface area contributed by atoms with Crippen LogP contribution in [0.25, 0.3) is 32.7 Å². The van der Waals surface area contributed by atoms with E-state index in [1.54, 1.807) is 10.6 Å². The summed E-state index contributed by atoms with van der Waals surface area (Å²) in [7, 11) is 0. The van der Waals surface area contributed by atoms with Gasteiger partial charge in [-0.15, -0.1) is 0 Å². The van der Waals surface area contributed by atoms with Gasteiger partial charge in [-0.25, -0.2) is 4.98 Å². The number of thioether (sulfide) groups is 1. The zero-order chi connectivity index (χ0) is 24.5. The molecule has 0 bridgehead atoms. The maximum absolute atomic E-state index is 13.3. The lowest BCUT2D eigenvalue weighted by molar-refractivity contribution is -0.115. The highest BCUT2D eigenvalue weighted by molar-refractivity contribution is 8.00. The first kappa shape index (κ1) is 23.2. The van der Waals surface area contributed by atoms with E-state index in [9.17, 15) is 9.59 Å². The van der Waals surface area contributed by atoms with Crippen LogP contribution in [0.15, 0.2) is 76.7 Å². The third-order valence-electron chi connectivity index (χ3n) is 6.41. The Morgan fingerprint density at radius 2 is 1.57 bits per heavy atom. The molecule has 3 aromatic carbocycles. The van der Waals surface area contributed by atoms with E-state index < -0.39 is 0 Å². The van der Waals surface area contributed by atoms with Crippen LogP contribution in [0.3, 0.4) is 0 Å². The molecule has 2 heterocycles. The summed E-state index contributed by atoms with van der Waals surface area (Å²) in [5.74, 6) is -0.0962. The van der Waals surface area contributed by atoms with E-state index in [1.165, 1.54) is 22.7 Å². The van der Waals surface area contributed by atoms with Gasteiger partial charge >= 0.3 is 0 Å². The highest BCUT2D eigenvalue weighted by atomic mass is 32.2. The number of nitrogens with zero attached hydrogens (tertiary/aromatic N) is 3. The van der Waals surface area contributed by atoms with E-state index in [-0.39, 0.29) is 16.7 Å². The molecule has 5 rings (SSSR count). The number of amides is 1. The van der Waals surface area contributed by atoms with Gasteiger partial charge in [0.1, 0.15) is 0 Å². The van der Waals surface area contributed by atoms with Crippen molar-refractivity contribution < 1.29 is 4.79 Å². The van der Waals surface area contributed by atoms with Crippen molar-refractivity contribution in [2.75, 3.05) is 5.32 Å². The van der Waals surface area contributed by atoms with E-state index in [2.05, 4.69) is 47.1 Å². The average molecular weight is 485 g/mol. The first-order valence-corrected chi connectivity index (χ1v) is 12.9. The number of para-hydroxylation sites is 2. The number of aryl methyl sites for hydroxylation is 1. The smallest absolute Gasteiger partial charge is 0.262 e. The normalized spacial score (nSPS) is 12.4. The summed E-state index contributed by atoms with van der Waals surface area (Å²) in [6.45, 7) is 7.41. The second-order valence-electron chi connectivity index (χ2n) is 8.46. The Labute approximate surface area is 208 Å². The molecule has 2 aromatic heterocycles. The average Bonchev–Trinajstić information content (AvgIpc) is 3.20. The number of hydrogen-bond donors (Lipinski definition) is 1. The molecule has 0 saturated carbocycles. The molecule has 1 atom stereocenters. The Bertz CT molecular complexity index is 1620. The number of carbonyl (C=O) groups is 1. The van der Waals surface area contributed by atoms with E-state index in [4.69, 9.17) is 4.98 Å². The molecule has 0 radical (unpaired) electrons. The first-order valence-electron chi connectivity index (χ1n) is 12.0. The number of carbonyl (C=O) groups excluding carboxylic acids is 1. The van der Waals surface area contributed by atoms with Gasteiger partial charge in [0.15, 0.2) is 5.16 Å². The lowest BCUT2D eigenvalue weighted by atomic mass is 10.1. The predicted molar refractivity (Wildman–Crippen MR) is 145 cm³/mol. The standard InChI is InChI=1S/C28H28N4O2S/c1-4-25(35-28-30-22-13-9-7-12-20(22)27(34)32(28)6-3)26(33)29-18-15-16-24-21(17-18)19-11-8-10-14-23(19)31(24)5-2/h7-17,25H,4-6H2,1-3H3,(H,29,33). The van der Waals surface area contributed by atoms with Crippen LogP contribution in [0.4, 0.5) is 5.69 Å².